The van der Waals surface area contributed by atoms with E-state index in [1.807, 2.05) is 24.0 Å². The quantitative estimate of drug-likeness (QED) is 0.562. The van der Waals surface area contributed by atoms with Crippen LogP contribution in [-0.4, -0.2) is 74.0 Å². The van der Waals surface area contributed by atoms with Gasteiger partial charge in [-0.05, 0) is 25.0 Å². The fourth-order valence-corrected chi connectivity index (χ4v) is 2.95. The lowest BCUT2D eigenvalue weighted by atomic mass is 10.1. The number of guanidine groups is 1. The second-order valence-electron chi connectivity index (χ2n) is 6.38. The molecule has 0 bridgehead atoms. The topological polar surface area (TPSA) is 60.0 Å². The summed E-state index contributed by atoms with van der Waals surface area (Å²) in [4.78, 5) is 20.2. The van der Waals surface area contributed by atoms with Crippen LogP contribution in [-0.2, 0) is 11.2 Å². The molecule has 0 unspecified atom stereocenters. The maximum absolute atomic E-state index is 13.6. The lowest BCUT2D eigenvalue weighted by Gasteiger charge is -2.33. The fourth-order valence-electron chi connectivity index (χ4n) is 2.95. The van der Waals surface area contributed by atoms with Gasteiger partial charge in [0, 0.05) is 52.7 Å². The average Bonchev–Trinajstić information content (AvgIpc) is 2.63. The minimum Gasteiger partial charge on any atom is -0.357 e. The van der Waals surface area contributed by atoms with Crippen LogP contribution in [0.5, 0.6) is 0 Å². The number of nitrogens with zero attached hydrogens (tertiary/aromatic N) is 3. The van der Waals surface area contributed by atoms with E-state index in [0.717, 1.165) is 45.2 Å². The number of aliphatic imine (C=N–C) groups is 1. The molecule has 0 saturated carbocycles. The van der Waals surface area contributed by atoms with Gasteiger partial charge in [0.25, 0.3) is 0 Å². The van der Waals surface area contributed by atoms with E-state index in [2.05, 4.69) is 20.5 Å². The molecule has 0 atom stereocenters. The van der Waals surface area contributed by atoms with Gasteiger partial charge in [0.1, 0.15) is 5.82 Å². The second kappa shape index (κ2) is 10.8. The molecule has 0 spiro atoms. The third kappa shape index (κ3) is 6.63. The molecular weight excluding hydrogens is 333 g/mol. The van der Waals surface area contributed by atoms with Crippen molar-refractivity contribution in [2.75, 3.05) is 52.4 Å². The van der Waals surface area contributed by atoms with E-state index in [0.29, 0.717) is 25.1 Å². The van der Waals surface area contributed by atoms with Crippen LogP contribution in [0.2, 0.25) is 0 Å². The van der Waals surface area contributed by atoms with Gasteiger partial charge >= 0.3 is 0 Å². The van der Waals surface area contributed by atoms with Crippen molar-refractivity contribution in [1.82, 2.24) is 20.4 Å². The summed E-state index contributed by atoms with van der Waals surface area (Å²) in [5.74, 6) is 0.739. The van der Waals surface area contributed by atoms with Gasteiger partial charge in [0.15, 0.2) is 5.96 Å². The highest BCUT2D eigenvalue weighted by Crippen LogP contribution is 2.06. The fraction of sp³-hybridized carbons (Fsp3) is 0.579. The Morgan fingerprint density at radius 3 is 2.58 bits per heavy atom. The molecule has 1 aliphatic rings. The van der Waals surface area contributed by atoms with Crippen molar-refractivity contribution < 1.29 is 9.18 Å². The van der Waals surface area contributed by atoms with Crippen LogP contribution in [0.1, 0.15) is 19.4 Å². The van der Waals surface area contributed by atoms with E-state index >= 15 is 0 Å². The minimum atomic E-state index is -0.166. The molecule has 1 aliphatic heterocycles. The van der Waals surface area contributed by atoms with E-state index < -0.39 is 0 Å². The van der Waals surface area contributed by atoms with Crippen LogP contribution in [0.4, 0.5) is 4.39 Å². The van der Waals surface area contributed by atoms with E-state index in [1.54, 1.807) is 13.0 Å². The second-order valence-corrected chi connectivity index (χ2v) is 6.38. The van der Waals surface area contributed by atoms with Gasteiger partial charge in [0.2, 0.25) is 5.91 Å². The van der Waals surface area contributed by atoms with Crippen molar-refractivity contribution in [2.24, 2.45) is 4.99 Å². The lowest BCUT2D eigenvalue weighted by molar-refractivity contribution is -0.130. The highest BCUT2D eigenvalue weighted by molar-refractivity contribution is 5.79. The van der Waals surface area contributed by atoms with Crippen LogP contribution >= 0.6 is 0 Å². The molecule has 1 fully saturated rings. The number of benzene rings is 1. The molecule has 1 aromatic carbocycles. The zero-order chi connectivity index (χ0) is 18.8. The van der Waals surface area contributed by atoms with Crippen LogP contribution in [0.15, 0.2) is 29.3 Å². The first kappa shape index (κ1) is 20.2. The number of carbonyl (C=O) groups excluding carboxylic acids is 1. The van der Waals surface area contributed by atoms with E-state index in [1.165, 1.54) is 6.07 Å². The lowest BCUT2D eigenvalue weighted by Crippen LogP contribution is -2.48. The van der Waals surface area contributed by atoms with E-state index in [-0.39, 0.29) is 11.7 Å². The first-order chi connectivity index (χ1) is 12.6. The van der Waals surface area contributed by atoms with Gasteiger partial charge in [-0.25, -0.2) is 4.39 Å². The molecule has 2 N–H and O–H groups in total. The minimum absolute atomic E-state index is 0.149. The average molecular weight is 363 g/mol. The summed E-state index contributed by atoms with van der Waals surface area (Å²) in [6.45, 7) is 9.99. The van der Waals surface area contributed by atoms with Gasteiger partial charge in [-0.2, -0.15) is 0 Å². The molecule has 144 valence electrons. The third-order valence-electron chi connectivity index (χ3n) is 4.49. The first-order valence-electron chi connectivity index (χ1n) is 9.33. The highest BCUT2D eigenvalue weighted by atomic mass is 19.1. The Hall–Kier alpha value is -2.15. The Kier molecular flexibility index (Phi) is 8.34. The van der Waals surface area contributed by atoms with Gasteiger partial charge in [-0.3, -0.25) is 14.7 Å². The monoisotopic (exact) mass is 363 g/mol. The summed E-state index contributed by atoms with van der Waals surface area (Å²) < 4.78 is 13.6. The third-order valence-corrected chi connectivity index (χ3v) is 4.49. The van der Waals surface area contributed by atoms with Gasteiger partial charge in [-0.15, -0.1) is 0 Å². The van der Waals surface area contributed by atoms with Crippen LogP contribution < -0.4 is 10.6 Å². The number of halogens is 1. The summed E-state index contributed by atoms with van der Waals surface area (Å²) in [6.07, 6.45) is 0.615. The molecule has 0 radical (unpaired) electrons. The van der Waals surface area contributed by atoms with Gasteiger partial charge in [0.05, 0.1) is 6.54 Å². The van der Waals surface area contributed by atoms with E-state index in [4.69, 9.17) is 0 Å². The van der Waals surface area contributed by atoms with Crippen LogP contribution in [0, 0.1) is 5.82 Å². The Morgan fingerprint density at radius 2 is 1.92 bits per heavy atom. The molecule has 1 heterocycles. The summed E-state index contributed by atoms with van der Waals surface area (Å²) in [5.41, 5.74) is 0.708. The number of hydrogen-bond donors (Lipinski definition) is 2. The summed E-state index contributed by atoms with van der Waals surface area (Å²) in [6, 6.07) is 6.85. The summed E-state index contributed by atoms with van der Waals surface area (Å²) >= 11 is 0. The van der Waals surface area contributed by atoms with Crippen molar-refractivity contribution in [1.29, 1.82) is 0 Å². The molecule has 1 aromatic rings. The van der Waals surface area contributed by atoms with Crippen molar-refractivity contribution >= 4 is 11.9 Å². The molecule has 26 heavy (non-hydrogen) atoms. The smallest absolute Gasteiger partial charge is 0.219 e. The highest BCUT2D eigenvalue weighted by Gasteiger charge is 2.17. The predicted octanol–water partition coefficient (Wildman–Crippen LogP) is 1.09. The number of piperazine rings is 1. The van der Waals surface area contributed by atoms with Crippen molar-refractivity contribution in [3.8, 4) is 0 Å². The molecular formula is C19H30FN5O. The predicted molar refractivity (Wildman–Crippen MR) is 103 cm³/mol. The maximum Gasteiger partial charge on any atom is 0.219 e. The SMILES string of the molecule is CCNC(=NCCN1CCN(C(C)=O)CC1)NCCc1ccccc1F. The van der Waals surface area contributed by atoms with Crippen LogP contribution in [0.25, 0.3) is 0 Å². The summed E-state index contributed by atoms with van der Waals surface area (Å²) in [5, 5.41) is 6.47. The zero-order valence-electron chi connectivity index (χ0n) is 15.8. The maximum atomic E-state index is 13.6. The zero-order valence-corrected chi connectivity index (χ0v) is 15.8. The Morgan fingerprint density at radius 1 is 1.19 bits per heavy atom. The molecule has 1 amide bonds. The first-order valence-corrected chi connectivity index (χ1v) is 9.33. The molecule has 2 rings (SSSR count). The van der Waals surface area contributed by atoms with Gasteiger partial charge < -0.3 is 15.5 Å². The Balaban J connectivity index is 1.72. The van der Waals surface area contributed by atoms with Crippen molar-refractivity contribution in [2.45, 2.75) is 20.3 Å². The number of hydrogen-bond acceptors (Lipinski definition) is 3. The van der Waals surface area contributed by atoms with Crippen molar-refractivity contribution in [3.63, 3.8) is 0 Å². The van der Waals surface area contributed by atoms with E-state index in [9.17, 15) is 9.18 Å². The van der Waals surface area contributed by atoms with Gasteiger partial charge in [-0.1, -0.05) is 18.2 Å². The number of nitrogens with one attached hydrogen (secondary N) is 2. The molecule has 7 heteroatoms. The normalized spacial score (nSPS) is 15.8. The molecule has 1 saturated heterocycles. The standard InChI is InChI=1S/C19H30FN5O/c1-3-21-19(22-9-8-17-6-4-5-7-18(17)20)23-10-11-24-12-14-25(15-13-24)16(2)26/h4-7H,3,8-15H2,1-2H3,(H2,21,22,23). The van der Waals surface area contributed by atoms with Crippen LogP contribution in [0.3, 0.4) is 0 Å². The van der Waals surface area contributed by atoms with Crippen molar-refractivity contribution in [3.05, 3.63) is 35.6 Å². The molecule has 0 aromatic heterocycles. The number of rotatable bonds is 7. The number of amides is 1. The Bertz CT molecular complexity index is 599. The summed E-state index contributed by atoms with van der Waals surface area (Å²) in [7, 11) is 0. The molecule has 0 aliphatic carbocycles. The Labute approximate surface area is 155 Å². The number of carbonyl (C=O) groups is 1. The largest absolute Gasteiger partial charge is 0.357 e. The molecule has 6 nitrogen and oxygen atoms in total.